The monoisotopic (exact) mass is 986 g/mol. The fraction of sp³-hybridized carbons (Fsp3) is 0.0606. The number of sulfone groups is 1. The van der Waals surface area contributed by atoms with Crippen LogP contribution in [0.25, 0.3) is 10.8 Å². The Labute approximate surface area is 361 Å². The topological polar surface area (TPSA) is 381 Å². The minimum atomic E-state index is -5.33. The summed E-state index contributed by atoms with van der Waals surface area (Å²) in [5.74, 6) is -2.68. The molecule has 6 aromatic rings. The third kappa shape index (κ3) is 11.7. The standard InChI is InChI=1S/C33H27ClN8O16S5/c34-31-38-32(36-20-6-9-22(10-7-20)59(44,45)13-12-58-63(55,56)57)40-33(39-31)37-25-17-23(60(46,47)48)14-18-15-27(62(52,53)54)29(30(43)28(18)25)42-41-21-8-11-24(26(16-21)61(49,50)51)35-19-4-2-1-3-5-19/h1-11,14-17,35,43H,12-13H2,(H,46,47,48)(H,49,50,51)(H,52,53,54)(H,55,56,57)(H2,36,37,38,39,40)/b42-41+. The van der Waals surface area contributed by atoms with Crippen LogP contribution >= 0.6 is 11.6 Å². The number of halogens is 1. The maximum atomic E-state index is 12.6. The molecule has 1 aromatic heterocycles. The summed E-state index contributed by atoms with van der Waals surface area (Å²) in [5, 5.41) is 25.9. The molecule has 0 radical (unpaired) electrons. The third-order valence-electron chi connectivity index (χ3n) is 8.17. The maximum Gasteiger partial charge on any atom is 0.397 e. The molecule has 0 spiro atoms. The number of para-hydroxylation sites is 1. The largest absolute Gasteiger partial charge is 0.505 e. The van der Waals surface area contributed by atoms with Gasteiger partial charge < -0.3 is 21.1 Å². The molecule has 0 fully saturated rings. The average molecular weight is 987 g/mol. The first kappa shape index (κ1) is 46.5. The number of fused-ring (bicyclic) bond motifs is 1. The van der Waals surface area contributed by atoms with Crippen molar-refractivity contribution in [3.05, 3.63) is 96.3 Å². The maximum absolute atomic E-state index is 12.6. The molecule has 0 aliphatic heterocycles. The van der Waals surface area contributed by atoms with E-state index in [9.17, 15) is 60.9 Å². The van der Waals surface area contributed by atoms with Crippen molar-refractivity contribution in [1.82, 2.24) is 15.0 Å². The second-order valence-electron chi connectivity index (χ2n) is 12.5. The van der Waals surface area contributed by atoms with Crippen LogP contribution in [0.2, 0.25) is 5.28 Å². The lowest BCUT2D eigenvalue weighted by atomic mass is 10.1. The van der Waals surface area contributed by atoms with E-state index in [4.69, 9.17) is 16.2 Å². The number of nitrogens with one attached hydrogen (secondary N) is 3. The fourth-order valence-corrected chi connectivity index (χ4v) is 9.02. The number of anilines is 6. The Balaban J connectivity index is 1.39. The summed E-state index contributed by atoms with van der Waals surface area (Å²) in [6.07, 6.45) is 0. The molecule has 0 aliphatic rings. The van der Waals surface area contributed by atoms with E-state index in [2.05, 4.69) is 45.3 Å². The fourth-order valence-electron chi connectivity index (χ4n) is 5.50. The molecule has 63 heavy (non-hydrogen) atoms. The van der Waals surface area contributed by atoms with Gasteiger partial charge in [-0.2, -0.15) is 53.7 Å². The highest BCUT2D eigenvalue weighted by atomic mass is 35.5. The highest BCUT2D eigenvalue weighted by molar-refractivity contribution is 7.91. The summed E-state index contributed by atoms with van der Waals surface area (Å²) in [7, 11) is -24.3. The Morgan fingerprint density at radius 3 is 1.83 bits per heavy atom. The zero-order valence-electron chi connectivity index (χ0n) is 31.0. The Morgan fingerprint density at radius 1 is 0.603 bits per heavy atom. The van der Waals surface area contributed by atoms with Crippen molar-refractivity contribution >= 4 is 119 Å². The van der Waals surface area contributed by atoms with Crippen molar-refractivity contribution in [2.45, 2.75) is 19.6 Å². The van der Waals surface area contributed by atoms with Crippen LogP contribution in [0.4, 0.5) is 46.0 Å². The van der Waals surface area contributed by atoms with Crippen LogP contribution in [0.1, 0.15) is 0 Å². The van der Waals surface area contributed by atoms with Crippen LogP contribution in [0, 0.1) is 0 Å². The second-order valence-corrected chi connectivity index (χ2v) is 20.3. The lowest BCUT2D eigenvalue weighted by Gasteiger charge is -2.15. The SMILES string of the molecule is O=S(=O)(O)OCCS(=O)(=O)c1ccc(Nc2nc(Cl)nc(Nc3cc(S(=O)(=O)O)cc4cc(S(=O)(=O)O)c(/N=N/c5ccc(Nc6ccccc6)c(S(=O)(=O)O)c5)c(O)c34)n2)cc1. The molecular weight excluding hydrogens is 960 g/mol. The number of azo groups is 1. The van der Waals surface area contributed by atoms with Gasteiger partial charge in [-0.15, -0.1) is 5.11 Å². The first-order chi connectivity index (χ1) is 29.3. The number of benzene rings is 5. The molecule has 5 aromatic carbocycles. The summed E-state index contributed by atoms with van der Waals surface area (Å²) in [4.78, 5) is 8.98. The van der Waals surface area contributed by atoms with Crippen LogP contribution < -0.4 is 16.0 Å². The van der Waals surface area contributed by atoms with Crippen LogP contribution in [0.15, 0.2) is 121 Å². The van der Waals surface area contributed by atoms with E-state index in [0.717, 1.165) is 30.3 Å². The van der Waals surface area contributed by atoms with E-state index in [0.29, 0.717) is 11.8 Å². The minimum Gasteiger partial charge on any atom is -0.505 e. The van der Waals surface area contributed by atoms with E-state index < -0.39 is 117 Å². The van der Waals surface area contributed by atoms with E-state index in [1.165, 1.54) is 24.3 Å². The number of phenolic OH excluding ortho intramolecular Hbond substituents is 1. The number of hydrogen-bond acceptors (Lipinski definition) is 20. The van der Waals surface area contributed by atoms with Gasteiger partial charge in [0.1, 0.15) is 15.5 Å². The van der Waals surface area contributed by atoms with Gasteiger partial charge in [0.2, 0.25) is 17.2 Å². The second kappa shape index (κ2) is 17.6. The summed E-state index contributed by atoms with van der Waals surface area (Å²) >= 11 is 6.13. The molecule has 0 atom stereocenters. The Kier molecular flexibility index (Phi) is 13.0. The first-order valence-electron chi connectivity index (χ1n) is 16.8. The van der Waals surface area contributed by atoms with Gasteiger partial charge in [0.15, 0.2) is 15.6 Å². The van der Waals surface area contributed by atoms with Crippen LogP contribution in [0.3, 0.4) is 0 Å². The van der Waals surface area contributed by atoms with Crippen LogP contribution in [-0.2, 0) is 54.8 Å². The molecule has 1 heterocycles. The Morgan fingerprint density at radius 2 is 1.22 bits per heavy atom. The van der Waals surface area contributed by atoms with Gasteiger partial charge in [-0.05, 0) is 89.8 Å². The van der Waals surface area contributed by atoms with Crippen LogP contribution in [-0.4, -0.2) is 92.7 Å². The summed E-state index contributed by atoms with van der Waals surface area (Å²) in [6.45, 7) is -0.865. The molecule has 30 heteroatoms. The number of nitrogens with zero attached hydrogens (tertiary/aromatic N) is 5. The number of rotatable bonds is 16. The van der Waals surface area contributed by atoms with Gasteiger partial charge >= 0.3 is 10.4 Å². The van der Waals surface area contributed by atoms with Gasteiger partial charge in [0.25, 0.3) is 30.4 Å². The predicted octanol–water partition coefficient (Wildman–Crippen LogP) is 5.36. The van der Waals surface area contributed by atoms with E-state index >= 15 is 0 Å². The van der Waals surface area contributed by atoms with Crippen molar-refractivity contribution in [3.8, 4) is 5.75 Å². The van der Waals surface area contributed by atoms with Crippen molar-refractivity contribution in [2.75, 3.05) is 28.3 Å². The van der Waals surface area contributed by atoms with Crippen molar-refractivity contribution in [1.29, 1.82) is 0 Å². The van der Waals surface area contributed by atoms with Crippen LogP contribution in [0.5, 0.6) is 5.75 Å². The number of aromatic hydroxyl groups is 1. The molecule has 0 amide bonds. The first-order valence-corrected chi connectivity index (χ1v) is 24.5. The Hall–Kier alpha value is -5.99. The number of hydrogen-bond donors (Lipinski definition) is 8. The van der Waals surface area contributed by atoms with E-state index in [1.807, 2.05) is 0 Å². The lowest BCUT2D eigenvalue weighted by Crippen LogP contribution is -2.15. The van der Waals surface area contributed by atoms with Gasteiger partial charge in [-0.25, -0.2) is 12.6 Å². The molecule has 8 N–H and O–H groups in total. The summed E-state index contributed by atoms with van der Waals surface area (Å²) < 4.78 is 164. The van der Waals surface area contributed by atoms with Crippen molar-refractivity contribution < 1.29 is 69.6 Å². The van der Waals surface area contributed by atoms with E-state index in [1.54, 1.807) is 30.3 Å². The molecule has 0 bridgehead atoms. The number of phenols is 1. The number of aromatic nitrogens is 3. The van der Waals surface area contributed by atoms with Crippen molar-refractivity contribution in [2.24, 2.45) is 10.2 Å². The molecule has 332 valence electrons. The zero-order chi connectivity index (χ0) is 46.1. The molecule has 0 saturated carbocycles. The zero-order valence-corrected chi connectivity index (χ0v) is 35.8. The minimum absolute atomic E-state index is 0.0924. The lowest BCUT2D eigenvalue weighted by molar-refractivity contribution is 0.284. The molecule has 6 rings (SSSR count). The smallest absolute Gasteiger partial charge is 0.397 e. The van der Waals surface area contributed by atoms with Crippen molar-refractivity contribution in [3.63, 3.8) is 0 Å². The highest BCUT2D eigenvalue weighted by Gasteiger charge is 2.27. The molecule has 24 nitrogen and oxygen atoms in total. The summed E-state index contributed by atoms with van der Waals surface area (Å²) in [6, 6.07) is 18.4. The third-order valence-corrected chi connectivity index (χ3v) is 13.1. The van der Waals surface area contributed by atoms with Gasteiger partial charge in [0.05, 0.1) is 39.2 Å². The normalized spacial score (nSPS) is 12.7. The highest BCUT2D eigenvalue weighted by Crippen LogP contribution is 2.46. The predicted molar refractivity (Wildman–Crippen MR) is 223 cm³/mol. The quantitative estimate of drug-likeness (QED) is 0.0446. The molecular formula is C33H27ClN8O16S5. The molecule has 0 aliphatic carbocycles. The Bertz CT molecular complexity index is 3390. The van der Waals surface area contributed by atoms with Gasteiger partial charge in [-0.1, -0.05) is 18.2 Å². The average Bonchev–Trinajstić information content (AvgIpc) is 3.16. The molecule has 0 unspecified atom stereocenters. The molecule has 0 saturated heterocycles. The van der Waals surface area contributed by atoms with Gasteiger partial charge in [0, 0.05) is 16.8 Å². The van der Waals surface area contributed by atoms with Gasteiger partial charge in [-0.3, -0.25) is 18.2 Å². The van der Waals surface area contributed by atoms with E-state index in [-0.39, 0.29) is 27.9 Å². The summed E-state index contributed by atoms with van der Waals surface area (Å²) in [5.41, 5.74) is -1.22.